The molecule has 0 amide bonds. The van der Waals surface area contributed by atoms with E-state index < -0.39 is 0 Å². The number of hydrogen-bond donors (Lipinski definition) is 1. The molecule has 1 N–H and O–H groups in total. The largest absolute Gasteiger partial charge is 0.333 e. The Morgan fingerprint density at radius 3 is 2.65 bits per heavy atom. The van der Waals surface area contributed by atoms with Gasteiger partial charge in [-0.15, -0.1) is 0 Å². The van der Waals surface area contributed by atoms with Crippen LogP contribution in [0.25, 0.3) is 12.7 Å². The van der Waals surface area contributed by atoms with Gasteiger partial charge in [-0.2, -0.15) is 0 Å². The number of hydrogen-bond acceptors (Lipinski definition) is 2. The van der Waals surface area contributed by atoms with Gasteiger partial charge in [0, 0.05) is 5.25 Å². The SMILES string of the molecule is C=c1[nH]c(SC(C)c2ccccc2)n/c1=C/C. The molecule has 1 aromatic heterocycles. The molecule has 2 nitrogen and oxygen atoms in total. The van der Waals surface area contributed by atoms with Gasteiger partial charge in [0.25, 0.3) is 0 Å². The summed E-state index contributed by atoms with van der Waals surface area (Å²) in [6.45, 7) is 8.08. The van der Waals surface area contributed by atoms with E-state index in [2.05, 4.69) is 47.7 Å². The summed E-state index contributed by atoms with van der Waals surface area (Å²) < 4.78 is 0. The second-order valence-electron chi connectivity index (χ2n) is 3.87. The monoisotopic (exact) mass is 244 g/mol. The number of rotatable bonds is 3. The van der Waals surface area contributed by atoms with Crippen LogP contribution in [0, 0.1) is 0 Å². The van der Waals surface area contributed by atoms with Crippen molar-refractivity contribution in [2.24, 2.45) is 0 Å². The third-order valence-electron chi connectivity index (χ3n) is 2.62. The van der Waals surface area contributed by atoms with E-state index in [1.807, 2.05) is 19.1 Å². The minimum atomic E-state index is 0.381. The van der Waals surface area contributed by atoms with Crippen molar-refractivity contribution in [3.8, 4) is 0 Å². The predicted octanol–water partition coefficient (Wildman–Crippen LogP) is 2.47. The van der Waals surface area contributed by atoms with E-state index >= 15 is 0 Å². The maximum Gasteiger partial charge on any atom is 0.166 e. The molecule has 0 radical (unpaired) electrons. The molecule has 2 aromatic rings. The number of nitrogens with one attached hydrogen (secondary N) is 1. The number of benzene rings is 1. The zero-order chi connectivity index (χ0) is 12.3. The molecule has 0 saturated carbocycles. The van der Waals surface area contributed by atoms with E-state index in [0.717, 1.165) is 15.9 Å². The van der Waals surface area contributed by atoms with E-state index in [9.17, 15) is 0 Å². The number of H-pyrrole nitrogens is 1. The summed E-state index contributed by atoms with van der Waals surface area (Å²) in [5, 5.41) is 3.13. The summed E-state index contributed by atoms with van der Waals surface area (Å²) in [6, 6.07) is 10.4. The fourth-order valence-electron chi connectivity index (χ4n) is 1.65. The van der Waals surface area contributed by atoms with Crippen molar-refractivity contribution >= 4 is 24.4 Å². The molecular formula is C14H16N2S. The quantitative estimate of drug-likeness (QED) is 0.840. The molecule has 0 spiro atoms. The van der Waals surface area contributed by atoms with Gasteiger partial charge in [0.15, 0.2) is 5.16 Å². The van der Waals surface area contributed by atoms with Crippen LogP contribution in [0.1, 0.15) is 24.7 Å². The summed E-state index contributed by atoms with van der Waals surface area (Å²) in [6.07, 6.45) is 1.97. The first kappa shape index (κ1) is 12.0. The Morgan fingerprint density at radius 1 is 1.35 bits per heavy atom. The minimum absolute atomic E-state index is 0.381. The summed E-state index contributed by atoms with van der Waals surface area (Å²) in [7, 11) is 0. The van der Waals surface area contributed by atoms with Crippen LogP contribution >= 0.6 is 11.8 Å². The van der Waals surface area contributed by atoms with Crippen molar-refractivity contribution in [1.82, 2.24) is 9.97 Å². The summed E-state index contributed by atoms with van der Waals surface area (Å²) >= 11 is 1.72. The Kier molecular flexibility index (Phi) is 3.69. The highest BCUT2D eigenvalue weighted by Crippen LogP contribution is 2.31. The van der Waals surface area contributed by atoms with E-state index in [1.165, 1.54) is 5.56 Å². The highest BCUT2D eigenvalue weighted by atomic mass is 32.2. The van der Waals surface area contributed by atoms with Crippen LogP contribution in [0.5, 0.6) is 0 Å². The molecule has 1 atom stereocenters. The molecule has 1 unspecified atom stereocenters. The van der Waals surface area contributed by atoms with E-state index in [0.29, 0.717) is 5.25 Å². The molecule has 0 fully saturated rings. The molecule has 2 rings (SSSR count). The number of aromatic nitrogens is 2. The topological polar surface area (TPSA) is 28.7 Å². The molecule has 88 valence electrons. The lowest BCUT2D eigenvalue weighted by molar-refractivity contribution is 1.01. The second kappa shape index (κ2) is 5.23. The van der Waals surface area contributed by atoms with Gasteiger partial charge in [-0.3, -0.25) is 0 Å². The summed E-state index contributed by atoms with van der Waals surface area (Å²) in [5.41, 5.74) is 1.31. The van der Waals surface area contributed by atoms with Gasteiger partial charge in [0.2, 0.25) is 0 Å². The number of thioether (sulfide) groups is 1. The van der Waals surface area contributed by atoms with Crippen LogP contribution in [0.3, 0.4) is 0 Å². The van der Waals surface area contributed by atoms with Crippen LogP contribution in [0.15, 0.2) is 35.5 Å². The molecule has 0 aliphatic heterocycles. The van der Waals surface area contributed by atoms with Crippen molar-refractivity contribution in [3.63, 3.8) is 0 Å². The fraction of sp³-hybridized carbons (Fsp3) is 0.214. The molecule has 0 saturated heterocycles. The molecule has 0 aliphatic carbocycles. The third kappa shape index (κ3) is 2.80. The Bertz CT molecular complexity index is 586. The molecular weight excluding hydrogens is 228 g/mol. The first-order valence-electron chi connectivity index (χ1n) is 5.63. The maximum atomic E-state index is 4.48. The van der Waals surface area contributed by atoms with E-state index in [1.54, 1.807) is 11.8 Å². The Morgan fingerprint density at radius 2 is 2.06 bits per heavy atom. The zero-order valence-corrected chi connectivity index (χ0v) is 10.9. The smallest absolute Gasteiger partial charge is 0.166 e. The molecule has 1 aromatic carbocycles. The Hall–Kier alpha value is -1.48. The molecule has 17 heavy (non-hydrogen) atoms. The van der Waals surface area contributed by atoms with Crippen molar-refractivity contribution in [1.29, 1.82) is 0 Å². The lowest BCUT2D eigenvalue weighted by atomic mass is 10.2. The Balaban J connectivity index is 2.19. The zero-order valence-electron chi connectivity index (χ0n) is 10.1. The highest BCUT2D eigenvalue weighted by Gasteiger charge is 2.08. The van der Waals surface area contributed by atoms with Crippen molar-refractivity contribution in [3.05, 3.63) is 46.6 Å². The number of imidazole rings is 1. The van der Waals surface area contributed by atoms with Crippen LogP contribution < -0.4 is 10.7 Å². The minimum Gasteiger partial charge on any atom is -0.333 e. The van der Waals surface area contributed by atoms with Gasteiger partial charge in [-0.1, -0.05) is 54.7 Å². The van der Waals surface area contributed by atoms with Crippen molar-refractivity contribution in [2.75, 3.05) is 0 Å². The van der Waals surface area contributed by atoms with Gasteiger partial charge in [0.1, 0.15) is 0 Å². The predicted molar refractivity (Wildman–Crippen MR) is 74.2 cm³/mol. The van der Waals surface area contributed by atoms with Gasteiger partial charge >= 0.3 is 0 Å². The third-order valence-corrected chi connectivity index (χ3v) is 3.66. The number of aromatic amines is 1. The summed E-state index contributed by atoms with van der Waals surface area (Å²) in [4.78, 5) is 7.69. The van der Waals surface area contributed by atoms with E-state index in [4.69, 9.17) is 0 Å². The first-order valence-corrected chi connectivity index (χ1v) is 6.51. The first-order chi connectivity index (χ1) is 8.20. The average molecular weight is 244 g/mol. The van der Waals surface area contributed by atoms with Gasteiger partial charge in [-0.25, -0.2) is 4.98 Å². The fourth-order valence-corrected chi connectivity index (χ4v) is 2.61. The van der Waals surface area contributed by atoms with Crippen LogP contribution in [-0.4, -0.2) is 9.97 Å². The van der Waals surface area contributed by atoms with Gasteiger partial charge in [0.05, 0.1) is 10.7 Å². The Labute approximate surface area is 105 Å². The maximum absolute atomic E-state index is 4.48. The van der Waals surface area contributed by atoms with Crippen LogP contribution in [0.2, 0.25) is 0 Å². The normalized spacial score (nSPS) is 13.9. The molecule has 3 heteroatoms. The summed E-state index contributed by atoms with van der Waals surface area (Å²) in [5.74, 6) is 0. The van der Waals surface area contributed by atoms with E-state index in [-0.39, 0.29) is 0 Å². The molecule has 1 heterocycles. The number of nitrogens with zero attached hydrogens (tertiary/aromatic N) is 1. The van der Waals surface area contributed by atoms with Gasteiger partial charge < -0.3 is 4.98 Å². The average Bonchev–Trinajstić information content (AvgIpc) is 2.70. The van der Waals surface area contributed by atoms with Gasteiger partial charge in [-0.05, 0) is 19.4 Å². The highest BCUT2D eigenvalue weighted by molar-refractivity contribution is 7.99. The standard InChI is InChI=1S/C14H16N2S/c1-4-13-10(2)15-14(16-13)17-11(3)12-8-6-5-7-9-12/h4-9,11H,2H2,1,3H3,(H,15,16)/b13-4+. The lowest BCUT2D eigenvalue weighted by Crippen LogP contribution is -2.21. The molecule has 0 aliphatic rings. The van der Waals surface area contributed by atoms with Crippen LogP contribution in [-0.2, 0) is 0 Å². The van der Waals surface area contributed by atoms with Crippen molar-refractivity contribution in [2.45, 2.75) is 24.3 Å². The van der Waals surface area contributed by atoms with Crippen LogP contribution in [0.4, 0.5) is 0 Å². The lowest BCUT2D eigenvalue weighted by Gasteiger charge is -2.08. The molecule has 0 bridgehead atoms. The van der Waals surface area contributed by atoms with Crippen molar-refractivity contribution < 1.29 is 0 Å². The second-order valence-corrected chi connectivity index (χ2v) is 5.19.